The van der Waals surface area contributed by atoms with Crippen molar-refractivity contribution in [3.63, 3.8) is 0 Å². The molecule has 19 heavy (non-hydrogen) atoms. The Morgan fingerprint density at radius 2 is 1.79 bits per heavy atom. The molecule has 0 heterocycles. The fourth-order valence-corrected chi connectivity index (χ4v) is 1.88. The molecule has 0 radical (unpaired) electrons. The summed E-state index contributed by atoms with van der Waals surface area (Å²) in [5.74, 6) is 0.0531. The summed E-state index contributed by atoms with van der Waals surface area (Å²) in [6.07, 6.45) is 0. The molecule has 1 N–H and O–H groups in total. The van der Waals surface area contributed by atoms with E-state index in [-0.39, 0.29) is 11.7 Å². The molecule has 0 aliphatic carbocycles. The molecular formula is C15H14ClNO2. The van der Waals surface area contributed by atoms with Gasteiger partial charge in [0.1, 0.15) is 5.75 Å². The van der Waals surface area contributed by atoms with E-state index in [9.17, 15) is 9.90 Å². The Labute approximate surface area is 117 Å². The number of amides is 1. The average Bonchev–Trinajstić information content (AvgIpc) is 2.41. The molecule has 3 nitrogen and oxygen atoms in total. The summed E-state index contributed by atoms with van der Waals surface area (Å²) < 4.78 is 0. The van der Waals surface area contributed by atoms with Crippen LogP contribution in [-0.4, -0.2) is 18.1 Å². The fraction of sp³-hybridized carbons (Fsp3) is 0.133. The number of hydrogen-bond donors (Lipinski definition) is 1. The van der Waals surface area contributed by atoms with Crippen LogP contribution in [0.1, 0.15) is 15.9 Å². The van der Waals surface area contributed by atoms with Crippen molar-refractivity contribution in [2.75, 3.05) is 11.9 Å². The van der Waals surface area contributed by atoms with Gasteiger partial charge in [-0.2, -0.15) is 0 Å². The molecule has 4 heteroatoms. The van der Waals surface area contributed by atoms with Crippen LogP contribution in [0.3, 0.4) is 0 Å². The molecule has 0 fully saturated rings. The maximum absolute atomic E-state index is 12.3. The second-order valence-corrected chi connectivity index (χ2v) is 4.75. The normalized spacial score (nSPS) is 10.3. The van der Waals surface area contributed by atoms with Crippen molar-refractivity contribution in [3.8, 4) is 5.75 Å². The van der Waals surface area contributed by atoms with Crippen molar-refractivity contribution < 1.29 is 9.90 Å². The molecule has 0 saturated carbocycles. The summed E-state index contributed by atoms with van der Waals surface area (Å²) in [5.41, 5.74) is 2.17. The number of aromatic hydroxyl groups is 1. The topological polar surface area (TPSA) is 40.5 Å². The number of carbonyl (C=O) groups excluding carboxylic acids is 1. The van der Waals surface area contributed by atoms with Crippen LogP contribution in [0.15, 0.2) is 42.5 Å². The Morgan fingerprint density at radius 3 is 2.37 bits per heavy atom. The molecule has 98 valence electrons. The van der Waals surface area contributed by atoms with Gasteiger partial charge < -0.3 is 10.0 Å². The lowest BCUT2D eigenvalue weighted by Crippen LogP contribution is -2.26. The molecular weight excluding hydrogens is 262 g/mol. The zero-order valence-electron chi connectivity index (χ0n) is 10.7. The third kappa shape index (κ3) is 2.88. The Bertz CT molecular complexity index is 608. The number of anilines is 1. The van der Waals surface area contributed by atoms with Gasteiger partial charge in [0, 0.05) is 23.3 Å². The molecule has 0 bridgehead atoms. The highest BCUT2D eigenvalue weighted by molar-refractivity contribution is 6.31. The highest BCUT2D eigenvalue weighted by Crippen LogP contribution is 2.21. The molecule has 1 amide bonds. The van der Waals surface area contributed by atoms with E-state index in [0.717, 1.165) is 11.3 Å². The SMILES string of the molecule is Cc1cc(C(=O)N(C)c2ccc(O)cc2)ccc1Cl. The summed E-state index contributed by atoms with van der Waals surface area (Å²) in [7, 11) is 1.69. The second kappa shape index (κ2) is 5.33. The number of hydrogen-bond acceptors (Lipinski definition) is 2. The maximum atomic E-state index is 12.3. The molecule has 0 aliphatic heterocycles. The maximum Gasteiger partial charge on any atom is 0.258 e. The van der Waals surface area contributed by atoms with Crippen LogP contribution >= 0.6 is 11.6 Å². The number of carbonyl (C=O) groups is 1. The van der Waals surface area contributed by atoms with Crippen LogP contribution in [0.25, 0.3) is 0 Å². The van der Waals surface area contributed by atoms with Crippen LogP contribution in [0.4, 0.5) is 5.69 Å². The van der Waals surface area contributed by atoms with Gasteiger partial charge in [0.25, 0.3) is 5.91 Å². The van der Waals surface area contributed by atoms with Crippen LogP contribution < -0.4 is 4.90 Å². The summed E-state index contributed by atoms with van der Waals surface area (Å²) in [6, 6.07) is 11.7. The van der Waals surface area contributed by atoms with E-state index in [2.05, 4.69) is 0 Å². The number of phenols is 1. The minimum atomic E-state index is -0.120. The van der Waals surface area contributed by atoms with Gasteiger partial charge in [-0.15, -0.1) is 0 Å². The lowest BCUT2D eigenvalue weighted by atomic mass is 10.1. The Kier molecular flexibility index (Phi) is 3.76. The molecule has 0 aromatic heterocycles. The van der Waals surface area contributed by atoms with E-state index in [1.165, 1.54) is 4.90 Å². The Hall–Kier alpha value is -2.00. The van der Waals surface area contributed by atoms with E-state index in [0.29, 0.717) is 10.6 Å². The smallest absolute Gasteiger partial charge is 0.258 e. The number of phenolic OH excluding ortho intramolecular Hbond substituents is 1. The molecule has 0 unspecified atom stereocenters. The van der Waals surface area contributed by atoms with Gasteiger partial charge >= 0.3 is 0 Å². The third-order valence-electron chi connectivity index (χ3n) is 2.95. The van der Waals surface area contributed by atoms with Gasteiger partial charge in [-0.3, -0.25) is 4.79 Å². The quantitative estimate of drug-likeness (QED) is 0.909. The highest BCUT2D eigenvalue weighted by Gasteiger charge is 2.14. The summed E-state index contributed by atoms with van der Waals surface area (Å²) >= 11 is 5.95. The first kappa shape index (κ1) is 13.4. The summed E-state index contributed by atoms with van der Waals surface area (Å²) in [6.45, 7) is 1.86. The van der Waals surface area contributed by atoms with E-state index in [4.69, 9.17) is 11.6 Å². The first-order chi connectivity index (χ1) is 8.99. The molecule has 0 spiro atoms. The van der Waals surface area contributed by atoms with E-state index < -0.39 is 0 Å². The van der Waals surface area contributed by atoms with Crippen molar-refractivity contribution >= 4 is 23.2 Å². The van der Waals surface area contributed by atoms with Crippen LogP contribution in [0.2, 0.25) is 5.02 Å². The minimum Gasteiger partial charge on any atom is -0.508 e. The molecule has 0 saturated heterocycles. The molecule has 2 rings (SSSR count). The standard InChI is InChI=1S/C15H14ClNO2/c1-10-9-11(3-8-14(10)16)15(19)17(2)12-4-6-13(18)7-5-12/h3-9,18H,1-2H3. The van der Waals surface area contributed by atoms with Crippen molar-refractivity contribution in [2.45, 2.75) is 6.92 Å². The molecule has 2 aromatic rings. The zero-order chi connectivity index (χ0) is 14.0. The van der Waals surface area contributed by atoms with Gasteiger partial charge in [0.05, 0.1) is 0 Å². The van der Waals surface area contributed by atoms with Crippen LogP contribution in [0.5, 0.6) is 5.75 Å². The highest BCUT2D eigenvalue weighted by atomic mass is 35.5. The number of halogens is 1. The van der Waals surface area contributed by atoms with E-state index >= 15 is 0 Å². The second-order valence-electron chi connectivity index (χ2n) is 4.34. The fourth-order valence-electron chi connectivity index (χ4n) is 1.76. The van der Waals surface area contributed by atoms with Gasteiger partial charge in [-0.25, -0.2) is 0 Å². The van der Waals surface area contributed by atoms with Crippen molar-refractivity contribution in [2.24, 2.45) is 0 Å². The Morgan fingerprint density at radius 1 is 1.16 bits per heavy atom. The lowest BCUT2D eigenvalue weighted by molar-refractivity contribution is 0.0993. The molecule has 0 aliphatic rings. The molecule has 0 atom stereocenters. The van der Waals surface area contributed by atoms with E-state index in [1.54, 1.807) is 49.5 Å². The Balaban J connectivity index is 2.28. The number of benzene rings is 2. The predicted octanol–water partition coefficient (Wildman–Crippen LogP) is 3.63. The molecule has 2 aromatic carbocycles. The van der Waals surface area contributed by atoms with Gasteiger partial charge in [-0.1, -0.05) is 11.6 Å². The minimum absolute atomic E-state index is 0.120. The summed E-state index contributed by atoms with van der Waals surface area (Å²) in [5, 5.41) is 9.89. The average molecular weight is 276 g/mol. The van der Waals surface area contributed by atoms with Crippen molar-refractivity contribution in [3.05, 3.63) is 58.6 Å². The van der Waals surface area contributed by atoms with Gasteiger partial charge in [0.15, 0.2) is 0 Å². The summed E-state index contributed by atoms with van der Waals surface area (Å²) in [4.78, 5) is 13.8. The largest absolute Gasteiger partial charge is 0.508 e. The third-order valence-corrected chi connectivity index (χ3v) is 3.37. The van der Waals surface area contributed by atoms with Crippen molar-refractivity contribution in [1.82, 2.24) is 0 Å². The first-order valence-electron chi connectivity index (χ1n) is 5.82. The zero-order valence-corrected chi connectivity index (χ0v) is 11.5. The van der Waals surface area contributed by atoms with Gasteiger partial charge in [-0.05, 0) is 55.0 Å². The van der Waals surface area contributed by atoms with Crippen LogP contribution in [0, 0.1) is 6.92 Å². The van der Waals surface area contributed by atoms with Gasteiger partial charge in [0.2, 0.25) is 0 Å². The number of nitrogens with zero attached hydrogens (tertiary/aromatic N) is 1. The number of rotatable bonds is 2. The number of aryl methyl sites for hydroxylation is 1. The van der Waals surface area contributed by atoms with Crippen LogP contribution in [-0.2, 0) is 0 Å². The monoisotopic (exact) mass is 275 g/mol. The van der Waals surface area contributed by atoms with Crippen molar-refractivity contribution in [1.29, 1.82) is 0 Å². The predicted molar refractivity (Wildman–Crippen MR) is 77.0 cm³/mol. The van der Waals surface area contributed by atoms with E-state index in [1.807, 2.05) is 6.92 Å². The first-order valence-corrected chi connectivity index (χ1v) is 6.20. The lowest BCUT2D eigenvalue weighted by Gasteiger charge is -2.17.